The molecule has 0 N–H and O–H groups in total. The Bertz CT molecular complexity index is 1010. The Kier molecular flexibility index (Phi) is 5.89. The zero-order chi connectivity index (χ0) is 22.9. The van der Waals surface area contributed by atoms with E-state index >= 15 is 0 Å². The molecule has 2 amide bonds. The first kappa shape index (κ1) is 22.2. The van der Waals surface area contributed by atoms with Gasteiger partial charge >= 0.3 is 6.18 Å². The van der Waals surface area contributed by atoms with E-state index in [0.29, 0.717) is 24.9 Å². The van der Waals surface area contributed by atoms with Gasteiger partial charge in [0.2, 0.25) is 0 Å². The lowest BCUT2D eigenvalue weighted by molar-refractivity contribution is -0.140. The normalized spacial score (nSPS) is 22.2. The van der Waals surface area contributed by atoms with Crippen molar-refractivity contribution < 1.29 is 31.9 Å². The predicted molar refractivity (Wildman–Crippen MR) is 106 cm³/mol. The molecule has 6 nitrogen and oxygen atoms in total. The SMILES string of the molecule is O=C(c1ncccc1C(F)(F)F)N1CCCC2(CC1)CN(c1ccc(F)cc1)C(=O)CO2. The molecule has 0 aliphatic carbocycles. The highest BCUT2D eigenvalue weighted by Gasteiger charge is 2.43. The summed E-state index contributed by atoms with van der Waals surface area (Å²) in [6.45, 7) is 0.473. The molecule has 1 aromatic heterocycles. The van der Waals surface area contributed by atoms with E-state index in [1.54, 1.807) is 0 Å². The van der Waals surface area contributed by atoms with Gasteiger partial charge in [0.15, 0.2) is 0 Å². The summed E-state index contributed by atoms with van der Waals surface area (Å²) in [5.74, 6) is -1.46. The van der Waals surface area contributed by atoms with Crippen LogP contribution in [0.15, 0.2) is 42.6 Å². The predicted octanol–water partition coefficient (Wildman–Crippen LogP) is 3.67. The average molecular weight is 451 g/mol. The van der Waals surface area contributed by atoms with Crippen molar-refractivity contribution in [3.05, 3.63) is 59.7 Å². The molecule has 0 saturated carbocycles. The maximum atomic E-state index is 13.3. The van der Waals surface area contributed by atoms with Gasteiger partial charge in [0.25, 0.3) is 11.8 Å². The van der Waals surface area contributed by atoms with E-state index in [1.165, 1.54) is 34.1 Å². The van der Waals surface area contributed by atoms with Gasteiger partial charge in [-0.05, 0) is 55.7 Å². The zero-order valence-corrected chi connectivity index (χ0v) is 17.1. The van der Waals surface area contributed by atoms with Crippen molar-refractivity contribution >= 4 is 17.5 Å². The second-order valence-electron chi connectivity index (χ2n) is 7.97. The fraction of sp³-hybridized carbons (Fsp3) is 0.409. The Morgan fingerprint density at radius 3 is 2.56 bits per heavy atom. The number of ether oxygens (including phenoxy) is 1. The van der Waals surface area contributed by atoms with E-state index in [4.69, 9.17) is 4.74 Å². The number of pyridine rings is 1. The van der Waals surface area contributed by atoms with Crippen molar-refractivity contribution in [2.24, 2.45) is 0 Å². The minimum absolute atomic E-state index is 0.163. The Labute approximate surface area is 181 Å². The van der Waals surface area contributed by atoms with Gasteiger partial charge in [-0.1, -0.05) is 0 Å². The van der Waals surface area contributed by atoms with Crippen LogP contribution in [0.1, 0.15) is 35.3 Å². The molecule has 2 fully saturated rings. The van der Waals surface area contributed by atoms with Crippen molar-refractivity contribution in [1.29, 1.82) is 0 Å². The van der Waals surface area contributed by atoms with Crippen LogP contribution < -0.4 is 4.90 Å². The standard InChI is InChI=1S/C22H21F4N3O3/c23-15-4-6-16(7-5-15)29-14-21(32-13-18(29)30)8-2-11-28(12-9-21)20(31)19-17(22(24,25)26)3-1-10-27-19/h1,3-7,10H,2,8-9,11-14H2. The molecule has 1 aromatic carbocycles. The van der Waals surface area contributed by atoms with Crippen LogP contribution in [-0.2, 0) is 15.7 Å². The average Bonchev–Trinajstić information content (AvgIpc) is 2.98. The van der Waals surface area contributed by atoms with Crippen LogP contribution in [0.3, 0.4) is 0 Å². The van der Waals surface area contributed by atoms with Crippen LogP contribution in [0.2, 0.25) is 0 Å². The first-order valence-electron chi connectivity index (χ1n) is 10.2. The number of carbonyl (C=O) groups is 2. The highest BCUT2D eigenvalue weighted by Crippen LogP contribution is 2.35. The number of aromatic nitrogens is 1. The van der Waals surface area contributed by atoms with Crippen LogP contribution in [0.4, 0.5) is 23.2 Å². The number of alkyl halides is 3. The minimum atomic E-state index is -4.69. The number of hydrogen-bond acceptors (Lipinski definition) is 4. The third-order valence-corrected chi connectivity index (χ3v) is 5.89. The molecule has 3 heterocycles. The topological polar surface area (TPSA) is 62.7 Å². The first-order chi connectivity index (χ1) is 15.2. The third-order valence-electron chi connectivity index (χ3n) is 5.89. The highest BCUT2D eigenvalue weighted by molar-refractivity contribution is 5.95. The van der Waals surface area contributed by atoms with Gasteiger partial charge in [0, 0.05) is 25.0 Å². The van der Waals surface area contributed by atoms with Crippen molar-refractivity contribution in [3.63, 3.8) is 0 Å². The lowest BCUT2D eigenvalue weighted by Gasteiger charge is -2.42. The van der Waals surface area contributed by atoms with Gasteiger partial charge in [-0.3, -0.25) is 14.6 Å². The van der Waals surface area contributed by atoms with E-state index in [0.717, 1.165) is 18.3 Å². The number of nitrogens with zero attached hydrogens (tertiary/aromatic N) is 3. The molecule has 2 aliphatic rings. The number of hydrogen-bond donors (Lipinski definition) is 0. The summed E-state index contributed by atoms with van der Waals surface area (Å²) >= 11 is 0. The van der Waals surface area contributed by atoms with Gasteiger partial charge in [-0.15, -0.1) is 0 Å². The second-order valence-corrected chi connectivity index (χ2v) is 7.97. The molecule has 10 heteroatoms. The van der Waals surface area contributed by atoms with Crippen LogP contribution >= 0.6 is 0 Å². The Morgan fingerprint density at radius 1 is 1.09 bits per heavy atom. The van der Waals surface area contributed by atoms with E-state index in [9.17, 15) is 27.2 Å². The van der Waals surface area contributed by atoms with Gasteiger partial charge in [0.05, 0.1) is 17.7 Å². The van der Waals surface area contributed by atoms with Gasteiger partial charge < -0.3 is 14.5 Å². The lowest BCUT2D eigenvalue weighted by atomic mass is 9.92. The number of likely N-dealkylation sites (tertiary alicyclic amines) is 1. The lowest BCUT2D eigenvalue weighted by Crippen LogP contribution is -2.55. The number of benzene rings is 1. The molecular formula is C22H21F4N3O3. The van der Waals surface area contributed by atoms with Gasteiger partial charge in [-0.2, -0.15) is 13.2 Å². The Balaban J connectivity index is 1.51. The number of amides is 2. The molecule has 2 aliphatic heterocycles. The maximum Gasteiger partial charge on any atom is 0.418 e. The van der Waals surface area contributed by atoms with Crippen LogP contribution in [0.5, 0.6) is 0 Å². The summed E-state index contributed by atoms with van der Waals surface area (Å²) in [5.41, 5.74) is -1.89. The Hall–Kier alpha value is -3.01. The summed E-state index contributed by atoms with van der Waals surface area (Å²) in [5, 5.41) is 0. The van der Waals surface area contributed by atoms with E-state index in [-0.39, 0.29) is 32.1 Å². The van der Waals surface area contributed by atoms with E-state index < -0.39 is 34.8 Å². The maximum absolute atomic E-state index is 13.3. The molecule has 1 atom stereocenters. The number of halogens is 4. The molecule has 0 radical (unpaired) electrons. The minimum Gasteiger partial charge on any atom is -0.363 e. The zero-order valence-electron chi connectivity index (χ0n) is 17.1. The summed E-state index contributed by atoms with van der Waals surface area (Å²) in [6, 6.07) is 7.55. The van der Waals surface area contributed by atoms with E-state index in [2.05, 4.69) is 4.98 Å². The molecule has 0 bridgehead atoms. The quantitative estimate of drug-likeness (QED) is 0.654. The summed E-state index contributed by atoms with van der Waals surface area (Å²) in [4.78, 5) is 31.9. The van der Waals surface area contributed by atoms with Crippen molar-refractivity contribution in [2.45, 2.75) is 31.0 Å². The summed E-state index contributed by atoms with van der Waals surface area (Å²) < 4.78 is 59.1. The largest absolute Gasteiger partial charge is 0.418 e. The second kappa shape index (κ2) is 8.50. The molecule has 32 heavy (non-hydrogen) atoms. The highest BCUT2D eigenvalue weighted by atomic mass is 19.4. The van der Waals surface area contributed by atoms with Crippen LogP contribution in [0, 0.1) is 5.82 Å². The fourth-order valence-corrected chi connectivity index (χ4v) is 4.20. The number of carbonyl (C=O) groups excluding carboxylic acids is 2. The molecule has 2 saturated heterocycles. The van der Waals surface area contributed by atoms with Gasteiger partial charge in [-0.25, -0.2) is 4.39 Å². The molecular weight excluding hydrogens is 430 g/mol. The monoisotopic (exact) mass is 451 g/mol. The summed E-state index contributed by atoms with van der Waals surface area (Å²) in [7, 11) is 0. The van der Waals surface area contributed by atoms with Crippen LogP contribution in [-0.4, -0.2) is 53.5 Å². The summed E-state index contributed by atoms with van der Waals surface area (Å²) in [6.07, 6.45) is -2.16. The number of morpholine rings is 1. The fourth-order valence-electron chi connectivity index (χ4n) is 4.20. The molecule has 1 spiro atoms. The molecule has 170 valence electrons. The van der Waals surface area contributed by atoms with Crippen LogP contribution in [0.25, 0.3) is 0 Å². The molecule has 2 aromatic rings. The third kappa shape index (κ3) is 4.45. The van der Waals surface area contributed by atoms with Crippen molar-refractivity contribution in [3.8, 4) is 0 Å². The Morgan fingerprint density at radius 2 is 1.84 bits per heavy atom. The van der Waals surface area contributed by atoms with E-state index in [1.807, 2.05) is 0 Å². The first-order valence-corrected chi connectivity index (χ1v) is 10.2. The van der Waals surface area contributed by atoms with Crippen molar-refractivity contribution in [2.75, 3.05) is 31.1 Å². The number of rotatable bonds is 2. The smallest absolute Gasteiger partial charge is 0.363 e. The molecule has 1 unspecified atom stereocenters. The number of anilines is 1. The van der Waals surface area contributed by atoms with Gasteiger partial charge in [0.1, 0.15) is 18.1 Å². The van der Waals surface area contributed by atoms with Crippen molar-refractivity contribution in [1.82, 2.24) is 9.88 Å². The molecule has 4 rings (SSSR count).